The molecule has 1 amide bonds. The highest BCUT2D eigenvalue weighted by molar-refractivity contribution is 5.95. The number of carbonyl (C=O) groups excluding carboxylic acids is 1. The molecule has 1 saturated heterocycles. The Morgan fingerprint density at radius 3 is 2.85 bits per heavy atom. The summed E-state index contributed by atoms with van der Waals surface area (Å²) in [7, 11) is 0. The van der Waals surface area contributed by atoms with E-state index < -0.39 is 6.10 Å². The van der Waals surface area contributed by atoms with E-state index in [4.69, 9.17) is 0 Å². The minimum atomic E-state index is -0.990. The number of amides is 1. The molecule has 0 radical (unpaired) electrons. The molecular formula is C21H26N4O2. The number of rotatable bonds is 4. The fourth-order valence-corrected chi connectivity index (χ4v) is 3.77. The molecule has 3 rings (SSSR count). The van der Waals surface area contributed by atoms with Crippen LogP contribution < -0.4 is 10.2 Å². The van der Waals surface area contributed by atoms with Gasteiger partial charge in [0.15, 0.2) is 0 Å². The van der Waals surface area contributed by atoms with Gasteiger partial charge < -0.3 is 15.3 Å². The zero-order valence-electron chi connectivity index (χ0n) is 16.0. The van der Waals surface area contributed by atoms with Crippen molar-refractivity contribution in [2.45, 2.75) is 39.3 Å². The summed E-state index contributed by atoms with van der Waals surface area (Å²) in [6.07, 6.45) is 1.58. The van der Waals surface area contributed by atoms with Crippen molar-refractivity contribution in [2.75, 3.05) is 18.0 Å². The highest BCUT2D eigenvalue weighted by atomic mass is 16.3. The minimum absolute atomic E-state index is 0.0305. The summed E-state index contributed by atoms with van der Waals surface area (Å²) < 4.78 is 0. The molecule has 1 aromatic heterocycles. The number of nitrogens with zero attached hydrogens (tertiary/aromatic N) is 3. The number of nitriles is 1. The Morgan fingerprint density at radius 1 is 1.37 bits per heavy atom. The molecule has 0 bridgehead atoms. The Morgan fingerprint density at radius 2 is 2.15 bits per heavy atom. The standard InChI is InChI=1S/C21H26N4O2/c1-13(2)20(26)21(27)24-16-9-14(3)11-25(12-16)18-7-6-15(10-22)19-17(18)5-4-8-23-19/h4-8,13-14,16,20,26H,9,11-12H2,1-3H3,(H,24,27)/t14-,16+,20?/m0/s1. The first-order chi connectivity index (χ1) is 12.9. The molecule has 6 heteroatoms. The number of fused-ring (bicyclic) bond motifs is 1. The first-order valence-corrected chi connectivity index (χ1v) is 9.42. The minimum Gasteiger partial charge on any atom is -0.383 e. The van der Waals surface area contributed by atoms with Gasteiger partial charge in [-0.3, -0.25) is 9.78 Å². The molecule has 1 fully saturated rings. The number of nitrogens with one attached hydrogen (secondary N) is 1. The lowest BCUT2D eigenvalue weighted by molar-refractivity contribution is -0.132. The summed E-state index contributed by atoms with van der Waals surface area (Å²) in [5.41, 5.74) is 2.28. The van der Waals surface area contributed by atoms with E-state index in [2.05, 4.69) is 28.2 Å². The molecule has 1 aliphatic rings. The maximum atomic E-state index is 12.3. The van der Waals surface area contributed by atoms with Crippen LogP contribution in [0.15, 0.2) is 30.5 Å². The van der Waals surface area contributed by atoms with Crippen LogP contribution in [0.25, 0.3) is 10.9 Å². The smallest absolute Gasteiger partial charge is 0.249 e. The Hall–Kier alpha value is -2.65. The molecule has 6 nitrogen and oxygen atoms in total. The second-order valence-corrected chi connectivity index (χ2v) is 7.78. The fourth-order valence-electron chi connectivity index (χ4n) is 3.77. The quantitative estimate of drug-likeness (QED) is 0.868. The molecule has 1 aliphatic heterocycles. The van der Waals surface area contributed by atoms with E-state index in [-0.39, 0.29) is 17.9 Å². The predicted molar refractivity (Wildman–Crippen MR) is 105 cm³/mol. The maximum absolute atomic E-state index is 12.3. The van der Waals surface area contributed by atoms with E-state index >= 15 is 0 Å². The maximum Gasteiger partial charge on any atom is 0.249 e. The number of anilines is 1. The average Bonchev–Trinajstić information content (AvgIpc) is 2.65. The van der Waals surface area contributed by atoms with Gasteiger partial charge in [0.2, 0.25) is 5.91 Å². The van der Waals surface area contributed by atoms with Crippen LogP contribution in [0, 0.1) is 23.2 Å². The first kappa shape index (κ1) is 19.1. The monoisotopic (exact) mass is 366 g/mol. The Balaban J connectivity index is 1.86. The molecule has 0 spiro atoms. The molecule has 0 saturated carbocycles. The fraction of sp³-hybridized carbons (Fsp3) is 0.476. The lowest BCUT2D eigenvalue weighted by Gasteiger charge is -2.39. The van der Waals surface area contributed by atoms with Crippen LogP contribution in [-0.4, -0.2) is 41.2 Å². The summed E-state index contributed by atoms with van der Waals surface area (Å²) in [5, 5.41) is 23.3. The highest BCUT2D eigenvalue weighted by Gasteiger charge is 2.29. The summed E-state index contributed by atoms with van der Waals surface area (Å²) in [6.45, 7) is 7.35. The van der Waals surface area contributed by atoms with Crippen molar-refractivity contribution in [1.82, 2.24) is 10.3 Å². The molecule has 27 heavy (non-hydrogen) atoms. The van der Waals surface area contributed by atoms with Crippen molar-refractivity contribution < 1.29 is 9.90 Å². The van der Waals surface area contributed by atoms with Crippen molar-refractivity contribution in [2.24, 2.45) is 11.8 Å². The number of aromatic nitrogens is 1. The second-order valence-electron chi connectivity index (χ2n) is 7.78. The molecule has 1 aromatic carbocycles. The summed E-state index contributed by atoms with van der Waals surface area (Å²) >= 11 is 0. The van der Waals surface area contributed by atoms with E-state index in [1.54, 1.807) is 12.3 Å². The normalized spacial score (nSPS) is 21.1. The zero-order chi connectivity index (χ0) is 19.6. The van der Waals surface area contributed by atoms with E-state index in [0.717, 1.165) is 24.0 Å². The van der Waals surface area contributed by atoms with E-state index in [1.807, 2.05) is 32.0 Å². The first-order valence-electron chi connectivity index (χ1n) is 9.42. The molecule has 2 heterocycles. The Kier molecular flexibility index (Phi) is 5.62. The van der Waals surface area contributed by atoms with Crippen molar-refractivity contribution in [1.29, 1.82) is 5.26 Å². The Bertz CT molecular complexity index is 874. The van der Waals surface area contributed by atoms with Gasteiger partial charge in [-0.1, -0.05) is 20.8 Å². The second kappa shape index (κ2) is 7.93. The van der Waals surface area contributed by atoms with Gasteiger partial charge in [0, 0.05) is 36.4 Å². The molecule has 0 aliphatic carbocycles. The van der Waals surface area contributed by atoms with Gasteiger partial charge >= 0.3 is 0 Å². The van der Waals surface area contributed by atoms with Crippen LogP contribution in [0.1, 0.15) is 32.8 Å². The number of pyridine rings is 1. The summed E-state index contributed by atoms with van der Waals surface area (Å²) in [6, 6.07) is 9.79. The van der Waals surface area contributed by atoms with Crippen LogP contribution in [0.5, 0.6) is 0 Å². The van der Waals surface area contributed by atoms with Crippen LogP contribution in [-0.2, 0) is 4.79 Å². The summed E-state index contributed by atoms with van der Waals surface area (Å²) in [5.74, 6) is -0.0336. The lowest BCUT2D eigenvalue weighted by Crippen LogP contribution is -2.53. The molecule has 3 atom stereocenters. The van der Waals surface area contributed by atoms with Gasteiger partial charge in [-0.25, -0.2) is 0 Å². The van der Waals surface area contributed by atoms with E-state index in [1.165, 1.54) is 0 Å². The molecule has 2 N–H and O–H groups in total. The molecule has 142 valence electrons. The highest BCUT2D eigenvalue weighted by Crippen LogP contribution is 2.31. The predicted octanol–water partition coefficient (Wildman–Crippen LogP) is 2.45. The van der Waals surface area contributed by atoms with Crippen molar-refractivity contribution in [3.63, 3.8) is 0 Å². The topological polar surface area (TPSA) is 89.2 Å². The van der Waals surface area contributed by atoms with Crippen LogP contribution in [0.3, 0.4) is 0 Å². The van der Waals surface area contributed by atoms with Gasteiger partial charge in [-0.2, -0.15) is 5.26 Å². The van der Waals surface area contributed by atoms with Gasteiger partial charge in [0.05, 0.1) is 11.1 Å². The van der Waals surface area contributed by atoms with Crippen molar-refractivity contribution in [3.8, 4) is 6.07 Å². The van der Waals surface area contributed by atoms with E-state index in [0.29, 0.717) is 23.5 Å². The van der Waals surface area contributed by atoms with Crippen molar-refractivity contribution >= 4 is 22.5 Å². The Labute approximate surface area is 159 Å². The largest absolute Gasteiger partial charge is 0.383 e. The molecular weight excluding hydrogens is 340 g/mol. The van der Waals surface area contributed by atoms with Crippen LogP contribution in [0.2, 0.25) is 0 Å². The number of benzene rings is 1. The molecule has 1 unspecified atom stereocenters. The van der Waals surface area contributed by atoms with Gasteiger partial charge in [-0.05, 0) is 42.5 Å². The van der Waals surface area contributed by atoms with Gasteiger partial charge in [-0.15, -0.1) is 0 Å². The third kappa shape index (κ3) is 4.04. The third-order valence-electron chi connectivity index (χ3n) is 5.11. The number of carbonyl (C=O) groups is 1. The average molecular weight is 366 g/mol. The number of aliphatic hydroxyl groups excluding tert-OH is 1. The van der Waals surface area contributed by atoms with Crippen molar-refractivity contribution in [3.05, 3.63) is 36.0 Å². The van der Waals surface area contributed by atoms with Crippen LogP contribution >= 0.6 is 0 Å². The lowest BCUT2D eigenvalue weighted by atomic mass is 9.94. The van der Waals surface area contributed by atoms with Crippen LogP contribution in [0.4, 0.5) is 5.69 Å². The third-order valence-corrected chi connectivity index (χ3v) is 5.11. The zero-order valence-corrected chi connectivity index (χ0v) is 16.0. The number of hydrogen-bond donors (Lipinski definition) is 2. The molecule has 2 aromatic rings. The SMILES string of the molecule is CC(C)C(O)C(=O)N[C@@H]1C[C@H](C)CN(c2ccc(C#N)c3ncccc23)C1. The number of hydrogen-bond acceptors (Lipinski definition) is 5. The number of piperidine rings is 1. The van der Waals surface area contributed by atoms with E-state index in [9.17, 15) is 15.2 Å². The number of aliphatic hydroxyl groups is 1. The summed E-state index contributed by atoms with van der Waals surface area (Å²) in [4.78, 5) is 18.9. The van der Waals surface area contributed by atoms with Gasteiger partial charge in [0.25, 0.3) is 0 Å². The van der Waals surface area contributed by atoms with Gasteiger partial charge in [0.1, 0.15) is 12.2 Å².